The Balaban J connectivity index is 2.58. The van der Waals surface area contributed by atoms with Crippen molar-refractivity contribution in [3.8, 4) is 0 Å². The topological polar surface area (TPSA) is 43.7 Å². The number of likely N-dealkylation sites (tertiary alicyclic amines) is 1. The smallest absolute Gasteiger partial charge is 0.0685 e. The normalized spacial score (nSPS) is 37.5. The number of rotatable bonds is 3. The van der Waals surface area contributed by atoms with Crippen LogP contribution in [0, 0.1) is 0 Å². The fourth-order valence-electron chi connectivity index (χ4n) is 1.80. The van der Waals surface area contributed by atoms with Gasteiger partial charge in [0.1, 0.15) is 0 Å². The molecular weight excluding hydrogens is 222 g/mol. The van der Waals surface area contributed by atoms with Crippen molar-refractivity contribution < 1.29 is 10.2 Å². The second kappa shape index (κ2) is 4.05. The van der Waals surface area contributed by atoms with Crippen LogP contribution >= 0.6 is 15.9 Å². The molecule has 0 aromatic heterocycles. The molecule has 1 fully saturated rings. The first-order valence-electron chi connectivity index (χ1n) is 4.22. The van der Waals surface area contributed by atoms with Crippen molar-refractivity contribution in [2.75, 3.05) is 25.0 Å². The molecule has 2 atom stereocenters. The van der Waals surface area contributed by atoms with E-state index in [1.807, 2.05) is 6.92 Å². The summed E-state index contributed by atoms with van der Waals surface area (Å²) in [5.74, 6) is 0. The van der Waals surface area contributed by atoms with Crippen molar-refractivity contribution in [2.24, 2.45) is 0 Å². The lowest BCUT2D eigenvalue weighted by Gasteiger charge is -2.32. The van der Waals surface area contributed by atoms with E-state index in [-0.39, 0.29) is 18.2 Å². The molecule has 1 saturated heterocycles. The molecule has 1 aliphatic heterocycles. The highest BCUT2D eigenvalue weighted by Gasteiger charge is 2.40. The summed E-state index contributed by atoms with van der Waals surface area (Å²) < 4.78 is 0. The summed E-state index contributed by atoms with van der Waals surface area (Å²) >= 11 is 3.36. The predicted octanol–water partition coefficient (Wildman–Crippen LogP) is 0.199. The summed E-state index contributed by atoms with van der Waals surface area (Å²) in [6.45, 7) is 3.68. The van der Waals surface area contributed by atoms with Crippen molar-refractivity contribution in [2.45, 2.75) is 25.0 Å². The summed E-state index contributed by atoms with van der Waals surface area (Å²) in [5, 5.41) is 19.5. The van der Waals surface area contributed by atoms with E-state index >= 15 is 0 Å². The molecule has 0 aromatic carbocycles. The van der Waals surface area contributed by atoms with E-state index in [9.17, 15) is 10.2 Å². The predicted molar refractivity (Wildman–Crippen MR) is 51.5 cm³/mol. The Hall–Kier alpha value is 0.360. The van der Waals surface area contributed by atoms with Crippen molar-refractivity contribution in [1.29, 1.82) is 0 Å². The second-order valence-corrected chi connectivity index (χ2v) is 4.44. The zero-order chi connectivity index (χ0) is 9.19. The zero-order valence-corrected chi connectivity index (χ0v) is 8.92. The zero-order valence-electron chi connectivity index (χ0n) is 7.33. The molecule has 0 bridgehead atoms. The first kappa shape index (κ1) is 10.4. The number of aliphatic hydroxyl groups excluding tert-OH is 2. The minimum Gasteiger partial charge on any atom is -0.394 e. The Morgan fingerprint density at radius 1 is 1.67 bits per heavy atom. The maximum atomic E-state index is 9.42. The number of halogens is 1. The average Bonchev–Trinajstić information content (AvgIpc) is 2.29. The summed E-state index contributed by atoms with van der Waals surface area (Å²) in [7, 11) is 0. The Morgan fingerprint density at radius 2 is 2.33 bits per heavy atom. The Kier molecular flexibility index (Phi) is 3.52. The van der Waals surface area contributed by atoms with E-state index in [1.54, 1.807) is 0 Å². The number of aliphatic hydroxyl groups is 2. The Labute approximate surface area is 81.5 Å². The van der Waals surface area contributed by atoms with Gasteiger partial charge in [0.2, 0.25) is 0 Å². The van der Waals surface area contributed by atoms with Crippen LogP contribution in [0.2, 0.25) is 0 Å². The maximum absolute atomic E-state index is 9.42. The van der Waals surface area contributed by atoms with Crippen molar-refractivity contribution >= 4 is 15.9 Å². The minimum absolute atomic E-state index is 0.122. The quantitative estimate of drug-likeness (QED) is 0.690. The van der Waals surface area contributed by atoms with E-state index in [0.717, 1.165) is 11.9 Å². The summed E-state index contributed by atoms with van der Waals surface area (Å²) in [4.78, 5) is 2.13. The number of hydrogen-bond acceptors (Lipinski definition) is 3. The van der Waals surface area contributed by atoms with Crippen molar-refractivity contribution in [3.63, 3.8) is 0 Å². The van der Waals surface area contributed by atoms with Gasteiger partial charge in [0.15, 0.2) is 0 Å². The van der Waals surface area contributed by atoms with Crippen LogP contribution < -0.4 is 0 Å². The van der Waals surface area contributed by atoms with Gasteiger partial charge in [-0.2, -0.15) is 0 Å². The third-order valence-electron chi connectivity index (χ3n) is 2.57. The SMILES string of the molecule is CC1(CO)CC(O)CN1CCBr. The number of alkyl halides is 1. The molecule has 1 aliphatic rings. The summed E-state index contributed by atoms with van der Waals surface area (Å²) in [6, 6.07) is 0. The largest absolute Gasteiger partial charge is 0.394 e. The van der Waals surface area contributed by atoms with Gasteiger partial charge >= 0.3 is 0 Å². The van der Waals surface area contributed by atoms with Crippen LogP contribution in [-0.4, -0.2) is 51.8 Å². The van der Waals surface area contributed by atoms with Crippen LogP contribution in [0.4, 0.5) is 0 Å². The summed E-state index contributed by atoms with van der Waals surface area (Å²) in [5.41, 5.74) is -0.215. The van der Waals surface area contributed by atoms with Gasteiger partial charge in [0.05, 0.1) is 12.7 Å². The number of β-amino-alcohol motifs (C(OH)–C–C–N with tert-alkyl or cyclic N) is 1. The molecule has 0 saturated carbocycles. The first-order chi connectivity index (χ1) is 5.62. The van der Waals surface area contributed by atoms with E-state index in [1.165, 1.54) is 0 Å². The monoisotopic (exact) mass is 237 g/mol. The van der Waals surface area contributed by atoms with Crippen molar-refractivity contribution in [3.05, 3.63) is 0 Å². The van der Waals surface area contributed by atoms with Crippen molar-refractivity contribution in [1.82, 2.24) is 4.90 Å². The van der Waals surface area contributed by atoms with Crippen LogP contribution in [0.15, 0.2) is 0 Å². The minimum atomic E-state index is -0.277. The molecule has 12 heavy (non-hydrogen) atoms. The molecular formula is C8H16BrNO2. The molecule has 0 amide bonds. The second-order valence-electron chi connectivity index (χ2n) is 3.65. The van der Waals surface area contributed by atoms with Crippen LogP contribution in [0.3, 0.4) is 0 Å². The van der Waals surface area contributed by atoms with Gasteiger partial charge in [0, 0.05) is 24.0 Å². The van der Waals surface area contributed by atoms with Gasteiger partial charge in [-0.05, 0) is 13.3 Å². The molecule has 1 heterocycles. The molecule has 0 radical (unpaired) electrons. The van der Waals surface area contributed by atoms with E-state index in [4.69, 9.17) is 0 Å². The number of nitrogens with zero attached hydrogens (tertiary/aromatic N) is 1. The lowest BCUT2D eigenvalue weighted by Crippen LogP contribution is -2.45. The molecule has 0 aliphatic carbocycles. The van der Waals surface area contributed by atoms with E-state index in [2.05, 4.69) is 20.8 Å². The molecule has 2 unspecified atom stereocenters. The van der Waals surface area contributed by atoms with Crippen LogP contribution in [-0.2, 0) is 0 Å². The highest BCUT2D eigenvalue weighted by Crippen LogP contribution is 2.28. The Bertz CT molecular complexity index is 156. The average molecular weight is 238 g/mol. The summed E-state index contributed by atoms with van der Waals surface area (Å²) in [6.07, 6.45) is 0.400. The molecule has 4 heteroatoms. The molecule has 72 valence electrons. The maximum Gasteiger partial charge on any atom is 0.0685 e. The first-order valence-corrected chi connectivity index (χ1v) is 5.34. The molecule has 1 rings (SSSR count). The molecule has 2 N–H and O–H groups in total. The van der Waals surface area contributed by atoms with Gasteiger partial charge in [-0.3, -0.25) is 4.90 Å². The molecule has 3 nitrogen and oxygen atoms in total. The molecule has 0 aromatic rings. The van der Waals surface area contributed by atoms with Crippen LogP contribution in [0.25, 0.3) is 0 Å². The van der Waals surface area contributed by atoms with E-state index < -0.39 is 0 Å². The van der Waals surface area contributed by atoms with Gasteiger partial charge < -0.3 is 10.2 Å². The fraction of sp³-hybridized carbons (Fsp3) is 1.00. The lowest BCUT2D eigenvalue weighted by molar-refractivity contribution is 0.0845. The number of hydrogen-bond donors (Lipinski definition) is 2. The fourth-order valence-corrected chi connectivity index (χ4v) is 2.23. The standard InChI is InChI=1S/C8H16BrNO2/c1-8(6-11)4-7(12)5-10(8)3-2-9/h7,11-12H,2-6H2,1H3. The third-order valence-corrected chi connectivity index (χ3v) is 2.92. The highest BCUT2D eigenvalue weighted by molar-refractivity contribution is 9.09. The van der Waals surface area contributed by atoms with Gasteiger partial charge in [-0.15, -0.1) is 0 Å². The highest BCUT2D eigenvalue weighted by atomic mass is 79.9. The van der Waals surface area contributed by atoms with Gasteiger partial charge in [0.25, 0.3) is 0 Å². The van der Waals surface area contributed by atoms with Crippen LogP contribution in [0.5, 0.6) is 0 Å². The van der Waals surface area contributed by atoms with E-state index in [0.29, 0.717) is 13.0 Å². The third kappa shape index (κ3) is 1.99. The lowest BCUT2D eigenvalue weighted by atomic mass is 10.00. The van der Waals surface area contributed by atoms with Gasteiger partial charge in [-0.25, -0.2) is 0 Å². The Morgan fingerprint density at radius 3 is 2.83 bits per heavy atom. The van der Waals surface area contributed by atoms with Gasteiger partial charge in [-0.1, -0.05) is 15.9 Å². The van der Waals surface area contributed by atoms with Crippen LogP contribution in [0.1, 0.15) is 13.3 Å². The molecule has 0 spiro atoms.